The normalized spacial score (nSPS) is 20.6. The molecule has 140 valence electrons. The SMILES string of the molecule is Cc1c(C(=O)N2CC(CN)CC2C)cnn1-c1cccc(C(F)(F)F)c1. The molecule has 0 saturated carbocycles. The second kappa shape index (κ2) is 6.75. The lowest BCUT2D eigenvalue weighted by atomic mass is 10.1. The molecule has 2 heterocycles. The molecule has 3 rings (SSSR count). The van der Waals surface area contributed by atoms with E-state index in [1.165, 1.54) is 23.0 Å². The summed E-state index contributed by atoms with van der Waals surface area (Å²) in [5, 5.41) is 4.14. The van der Waals surface area contributed by atoms with E-state index in [1.807, 2.05) is 6.92 Å². The molecule has 2 atom stereocenters. The molecule has 2 N–H and O–H groups in total. The lowest BCUT2D eigenvalue weighted by Gasteiger charge is -2.21. The van der Waals surface area contributed by atoms with E-state index < -0.39 is 11.7 Å². The van der Waals surface area contributed by atoms with Gasteiger partial charge in [0.1, 0.15) is 0 Å². The minimum atomic E-state index is -4.43. The third-order valence-corrected chi connectivity index (χ3v) is 4.91. The van der Waals surface area contributed by atoms with Crippen LogP contribution in [0, 0.1) is 12.8 Å². The molecule has 1 fully saturated rings. The molecule has 1 aliphatic rings. The lowest BCUT2D eigenvalue weighted by Crippen LogP contribution is -2.34. The van der Waals surface area contributed by atoms with Crippen LogP contribution in [0.5, 0.6) is 0 Å². The Hall–Kier alpha value is -2.35. The van der Waals surface area contributed by atoms with Gasteiger partial charge in [-0.2, -0.15) is 18.3 Å². The van der Waals surface area contributed by atoms with Gasteiger partial charge in [0.05, 0.1) is 28.7 Å². The third-order valence-electron chi connectivity index (χ3n) is 4.91. The van der Waals surface area contributed by atoms with Crippen molar-refractivity contribution in [2.45, 2.75) is 32.5 Å². The molecular weight excluding hydrogens is 345 g/mol. The van der Waals surface area contributed by atoms with Crippen LogP contribution in [0.25, 0.3) is 5.69 Å². The molecule has 1 saturated heterocycles. The number of hydrogen-bond donors (Lipinski definition) is 1. The van der Waals surface area contributed by atoms with Gasteiger partial charge in [-0.15, -0.1) is 0 Å². The predicted molar refractivity (Wildman–Crippen MR) is 91.0 cm³/mol. The van der Waals surface area contributed by atoms with Gasteiger partial charge in [0.15, 0.2) is 0 Å². The van der Waals surface area contributed by atoms with Crippen LogP contribution in [-0.4, -0.2) is 39.7 Å². The van der Waals surface area contributed by atoms with Crippen LogP contribution in [0.4, 0.5) is 13.2 Å². The number of alkyl halides is 3. The molecule has 0 bridgehead atoms. The van der Waals surface area contributed by atoms with Crippen molar-refractivity contribution in [3.8, 4) is 5.69 Å². The van der Waals surface area contributed by atoms with Gasteiger partial charge in [-0.3, -0.25) is 4.79 Å². The van der Waals surface area contributed by atoms with Gasteiger partial charge in [-0.1, -0.05) is 6.07 Å². The number of hydrogen-bond acceptors (Lipinski definition) is 3. The first-order valence-corrected chi connectivity index (χ1v) is 8.45. The van der Waals surface area contributed by atoms with E-state index in [2.05, 4.69) is 5.10 Å². The van der Waals surface area contributed by atoms with Crippen molar-refractivity contribution in [2.75, 3.05) is 13.1 Å². The number of aromatic nitrogens is 2. The van der Waals surface area contributed by atoms with Gasteiger partial charge >= 0.3 is 6.18 Å². The van der Waals surface area contributed by atoms with Crippen LogP contribution in [0.2, 0.25) is 0 Å². The quantitative estimate of drug-likeness (QED) is 0.908. The average Bonchev–Trinajstić information content (AvgIpc) is 3.16. The molecule has 2 unspecified atom stereocenters. The standard InChI is InChI=1S/C18H21F3N4O/c1-11-6-13(8-22)10-24(11)17(26)16-9-23-25(12(16)2)15-5-3-4-14(7-15)18(19,20)21/h3-5,7,9,11,13H,6,8,10,22H2,1-2H3. The van der Waals surface area contributed by atoms with Crippen molar-refractivity contribution >= 4 is 5.91 Å². The van der Waals surface area contributed by atoms with Crippen molar-refractivity contribution in [1.82, 2.24) is 14.7 Å². The third kappa shape index (κ3) is 3.33. The summed E-state index contributed by atoms with van der Waals surface area (Å²) >= 11 is 0. The maximum atomic E-state index is 12.9. The first-order chi connectivity index (χ1) is 12.2. The van der Waals surface area contributed by atoms with Gasteiger partial charge < -0.3 is 10.6 Å². The van der Waals surface area contributed by atoms with E-state index in [0.29, 0.717) is 24.3 Å². The molecule has 2 aromatic rings. The molecule has 1 aromatic heterocycles. The number of carbonyl (C=O) groups is 1. The fourth-order valence-electron chi connectivity index (χ4n) is 3.44. The zero-order chi connectivity index (χ0) is 19.1. The molecule has 0 aliphatic carbocycles. The van der Waals surface area contributed by atoms with Crippen molar-refractivity contribution in [2.24, 2.45) is 11.7 Å². The maximum Gasteiger partial charge on any atom is 0.416 e. The zero-order valence-corrected chi connectivity index (χ0v) is 14.6. The number of benzene rings is 1. The summed E-state index contributed by atoms with van der Waals surface area (Å²) in [6.07, 6.45) is -2.17. The Morgan fingerprint density at radius 1 is 1.38 bits per heavy atom. The Morgan fingerprint density at radius 3 is 2.73 bits per heavy atom. The zero-order valence-electron chi connectivity index (χ0n) is 14.6. The van der Waals surface area contributed by atoms with Crippen LogP contribution in [0.3, 0.4) is 0 Å². The fraction of sp³-hybridized carbons (Fsp3) is 0.444. The molecular formula is C18H21F3N4O. The van der Waals surface area contributed by atoms with Crippen molar-refractivity contribution in [3.63, 3.8) is 0 Å². The van der Waals surface area contributed by atoms with E-state index >= 15 is 0 Å². The molecule has 1 aromatic carbocycles. The Bertz CT molecular complexity index is 815. The Balaban J connectivity index is 1.90. The van der Waals surface area contributed by atoms with Crippen LogP contribution >= 0.6 is 0 Å². The summed E-state index contributed by atoms with van der Waals surface area (Å²) in [5.41, 5.74) is 6.13. The second-order valence-corrected chi connectivity index (χ2v) is 6.75. The van der Waals surface area contributed by atoms with E-state index in [-0.39, 0.29) is 23.6 Å². The number of likely N-dealkylation sites (tertiary alicyclic amines) is 1. The smallest absolute Gasteiger partial charge is 0.335 e. The number of carbonyl (C=O) groups excluding carboxylic acids is 1. The van der Waals surface area contributed by atoms with E-state index in [4.69, 9.17) is 5.73 Å². The molecule has 0 spiro atoms. The highest BCUT2D eigenvalue weighted by molar-refractivity contribution is 5.95. The highest BCUT2D eigenvalue weighted by atomic mass is 19.4. The van der Waals surface area contributed by atoms with Crippen molar-refractivity contribution < 1.29 is 18.0 Å². The fourth-order valence-corrected chi connectivity index (χ4v) is 3.44. The Labute approximate surface area is 149 Å². The largest absolute Gasteiger partial charge is 0.416 e. The number of amides is 1. The predicted octanol–water partition coefficient (Wildman–Crippen LogP) is 3.01. The topological polar surface area (TPSA) is 64.2 Å². The first kappa shape index (κ1) is 18.4. The number of nitrogens with zero attached hydrogens (tertiary/aromatic N) is 3. The molecule has 1 amide bonds. The maximum absolute atomic E-state index is 12.9. The summed E-state index contributed by atoms with van der Waals surface area (Å²) in [4.78, 5) is 14.6. The lowest BCUT2D eigenvalue weighted by molar-refractivity contribution is -0.137. The van der Waals surface area contributed by atoms with E-state index in [0.717, 1.165) is 18.6 Å². The summed E-state index contributed by atoms with van der Waals surface area (Å²) in [5.74, 6) is 0.108. The molecule has 5 nitrogen and oxygen atoms in total. The van der Waals surface area contributed by atoms with Crippen LogP contribution in [-0.2, 0) is 6.18 Å². The molecule has 26 heavy (non-hydrogen) atoms. The molecule has 8 heteroatoms. The van der Waals surface area contributed by atoms with Crippen LogP contribution in [0.1, 0.15) is 35.0 Å². The number of halogens is 3. The first-order valence-electron chi connectivity index (χ1n) is 8.45. The monoisotopic (exact) mass is 366 g/mol. The Kier molecular flexibility index (Phi) is 4.79. The summed E-state index contributed by atoms with van der Waals surface area (Å²) in [7, 11) is 0. The van der Waals surface area contributed by atoms with Gasteiger partial charge in [0.25, 0.3) is 5.91 Å². The minimum absolute atomic E-state index is 0.0763. The highest BCUT2D eigenvalue weighted by Crippen LogP contribution is 2.31. The summed E-state index contributed by atoms with van der Waals surface area (Å²) < 4.78 is 40.2. The molecule has 1 aliphatic heterocycles. The second-order valence-electron chi connectivity index (χ2n) is 6.75. The van der Waals surface area contributed by atoms with Gasteiger partial charge in [-0.25, -0.2) is 4.68 Å². The minimum Gasteiger partial charge on any atom is -0.335 e. The number of rotatable bonds is 3. The summed E-state index contributed by atoms with van der Waals surface area (Å²) in [6, 6.07) is 4.97. The number of nitrogens with two attached hydrogens (primary N) is 1. The van der Waals surface area contributed by atoms with E-state index in [1.54, 1.807) is 11.8 Å². The van der Waals surface area contributed by atoms with Gasteiger partial charge in [0.2, 0.25) is 0 Å². The molecule has 0 radical (unpaired) electrons. The van der Waals surface area contributed by atoms with Gasteiger partial charge in [-0.05, 0) is 50.9 Å². The van der Waals surface area contributed by atoms with Crippen LogP contribution < -0.4 is 5.73 Å². The van der Waals surface area contributed by atoms with Crippen molar-refractivity contribution in [1.29, 1.82) is 0 Å². The highest BCUT2D eigenvalue weighted by Gasteiger charge is 2.34. The van der Waals surface area contributed by atoms with Crippen molar-refractivity contribution in [3.05, 3.63) is 47.3 Å². The summed E-state index contributed by atoms with van der Waals surface area (Å²) in [6.45, 7) is 4.77. The average molecular weight is 366 g/mol. The van der Waals surface area contributed by atoms with Crippen LogP contribution in [0.15, 0.2) is 30.5 Å². The van der Waals surface area contributed by atoms with Gasteiger partial charge in [0, 0.05) is 12.6 Å². The Morgan fingerprint density at radius 2 is 2.12 bits per heavy atom. The van der Waals surface area contributed by atoms with E-state index in [9.17, 15) is 18.0 Å².